The molecule has 1 aliphatic heterocycles. The molecule has 0 radical (unpaired) electrons. The fourth-order valence-corrected chi connectivity index (χ4v) is 7.34. The summed E-state index contributed by atoms with van der Waals surface area (Å²) in [4.78, 5) is 74.9. The summed E-state index contributed by atoms with van der Waals surface area (Å²) in [6.07, 6.45) is -4.05. The lowest BCUT2D eigenvalue weighted by molar-refractivity contribution is -0.279. The fraction of sp³-hybridized carbons (Fsp3) is 0.486. The highest BCUT2D eigenvalue weighted by atomic mass is 32.2. The zero-order chi connectivity index (χ0) is 37.6. The number of rotatable bonds is 11. The maximum Gasteiger partial charge on any atom is 0.303 e. The summed E-state index contributed by atoms with van der Waals surface area (Å²) in [5.41, 5.74) is 2.34. The Morgan fingerprint density at radius 1 is 0.863 bits per heavy atom. The second-order valence-electron chi connectivity index (χ2n) is 11.7. The van der Waals surface area contributed by atoms with E-state index in [2.05, 4.69) is 5.32 Å². The number of nitrogens with one attached hydrogen (secondary N) is 1. The average molecular weight is 748 g/mol. The molecular formula is C35H41NO13S2. The molecule has 1 saturated heterocycles. The van der Waals surface area contributed by atoms with Crippen molar-refractivity contribution in [2.45, 2.75) is 89.1 Å². The van der Waals surface area contributed by atoms with Crippen LogP contribution < -0.4 is 25.0 Å². The number of carbonyl (C=O) groups excluding carboxylic acids is 5. The maximum atomic E-state index is 13.2. The van der Waals surface area contributed by atoms with Crippen molar-refractivity contribution in [2.75, 3.05) is 26.2 Å². The molecular weight excluding hydrogens is 707 g/mol. The third kappa shape index (κ3) is 9.34. The van der Waals surface area contributed by atoms with E-state index in [1.54, 1.807) is 24.5 Å². The van der Waals surface area contributed by atoms with Crippen molar-refractivity contribution in [1.82, 2.24) is 5.32 Å². The number of hydrogen-bond donors (Lipinski definition) is 1. The number of aryl methyl sites for hydroxylation is 1. The molecule has 1 heterocycles. The highest BCUT2D eigenvalue weighted by molar-refractivity contribution is 8.13. The van der Waals surface area contributed by atoms with E-state index in [0.717, 1.165) is 32.5 Å². The third-order valence-corrected chi connectivity index (χ3v) is 9.75. The largest absolute Gasteiger partial charge is 0.492 e. The Balaban J connectivity index is 1.92. The van der Waals surface area contributed by atoms with Gasteiger partial charge in [-0.05, 0) is 54.0 Å². The summed E-state index contributed by atoms with van der Waals surface area (Å²) in [6, 6.07) is 6.23. The standard InChI is InChI=1S/C35H41NO13S2/c1-16(37)36-24-11-9-21-13-26(30(43-6)32(44-7)29(21)22-10-12-28(50-8)25(42)14-23(22)24)48-35-34(47-19(4)40)33(46-18(3)39)31(45-17(2)38)27(49-35)15-51-20(5)41/h10,12-14,24,27,31,33-35H,9,11,15H2,1-8H3,(H,36,37)/t24-,27+,31+,33-,34+,35+/m0/s1. The predicted molar refractivity (Wildman–Crippen MR) is 187 cm³/mol. The molecule has 6 atom stereocenters. The molecule has 1 fully saturated rings. The van der Waals surface area contributed by atoms with Crippen LogP contribution in [0.1, 0.15) is 58.2 Å². The molecule has 4 rings (SSSR count). The van der Waals surface area contributed by atoms with Crippen LogP contribution in [-0.4, -0.2) is 85.9 Å². The van der Waals surface area contributed by atoms with Gasteiger partial charge in [0.2, 0.25) is 24.1 Å². The summed E-state index contributed by atoms with van der Waals surface area (Å²) in [5, 5.41) is 2.72. The van der Waals surface area contributed by atoms with Gasteiger partial charge in [0.15, 0.2) is 34.3 Å². The number of fused-ring (bicyclic) bond motifs is 3. The van der Waals surface area contributed by atoms with Gasteiger partial charge in [-0.25, -0.2) is 0 Å². The lowest BCUT2D eigenvalue weighted by Gasteiger charge is -2.44. The van der Waals surface area contributed by atoms with Crippen molar-refractivity contribution < 1.29 is 57.1 Å². The van der Waals surface area contributed by atoms with Gasteiger partial charge in [0.05, 0.1) is 25.2 Å². The van der Waals surface area contributed by atoms with E-state index in [0.29, 0.717) is 40.0 Å². The van der Waals surface area contributed by atoms with E-state index < -0.39 is 54.7 Å². The summed E-state index contributed by atoms with van der Waals surface area (Å²) in [5.74, 6) is -2.10. The lowest BCUT2D eigenvalue weighted by atomic mass is 9.95. The molecule has 0 bridgehead atoms. The highest BCUT2D eigenvalue weighted by Crippen LogP contribution is 2.51. The molecule has 0 spiro atoms. The van der Waals surface area contributed by atoms with Crippen molar-refractivity contribution in [3.63, 3.8) is 0 Å². The van der Waals surface area contributed by atoms with Crippen LogP contribution >= 0.6 is 23.5 Å². The molecule has 2 aromatic carbocycles. The Hall–Kier alpha value is -4.28. The second kappa shape index (κ2) is 17.3. The van der Waals surface area contributed by atoms with E-state index in [9.17, 15) is 28.8 Å². The van der Waals surface area contributed by atoms with Crippen LogP contribution in [0.4, 0.5) is 0 Å². The molecule has 276 valence electrons. The van der Waals surface area contributed by atoms with E-state index >= 15 is 0 Å². The van der Waals surface area contributed by atoms with Crippen LogP contribution in [0.2, 0.25) is 0 Å². The van der Waals surface area contributed by atoms with E-state index in [4.69, 9.17) is 33.2 Å². The molecule has 0 saturated carbocycles. The van der Waals surface area contributed by atoms with E-state index in [1.807, 2.05) is 0 Å². The van der Waals surface area contributed by atoms with Gasteiger partial charge < -0.3 is 38.5 Å². The van der Waals surface area contributed by atoms with Crippen LogP contribution in [-0.2, 0) is 49.3 Å². The Morgan fingerprint density at radius 3 is 2.06 bits per heavy atom. The van der Waals surface area contributed by atoms with Gasteiger partial charge in [0.1, 0.15) is 6.10 Å². The van der Waals surface area contributed by atoms with Gasteiger partial charge in [-0.15, -0.1) is 11.8 Å². The summed E-state index contributed by atoms with van der Waals surface area (Å²) in [6.45, 7) is 6.21. The Morgan fingerprint density at radius 2 is 1.49 bits per heavy atom. The number of benzene rings is 1. The second-order valence-corrected chi connectivity index (χ2v) is 13.8. The number of esters is 3. The molecule has 2 aromatic rings. The highest BCUT2D eigenvalue weighted by Gasteiger charge is 2.53. The summed E-state index contributed by atoms with van der Waals surface area (Å²) < 4.78 is 41.2. The van der Waals surface area contributed by atoms with Crippen LogP contribution in [0.15, 0.2) is 34.0 Å². The van der Waals surface area contributed by atoms with Crippen LogP contribution in [0.3, 0.4) is 0 Å². The molecule has 1 N–H and O–H groups in total. The fourth-order valence-electron chi connectivity index (χ4n) is 6.21. The van der Waals surface area contributed by atoms with Gasteiger partial charge in [0.25, 0.3) is 0 Å². The van der Waals surface area contributed by atoms with Crippen LogP contribution in [0.5, 0.6) is 17.2 Å². The summed E-state index contributed by atoms with van der Waals surface area (Å²) in [7, 11) is 2.85. The lowest BCUT2D eigenvalue weighted by Crippen LogP contribution is -2.63. The minimum absolute atomic E-state index is 0.0274. The van der Waals surface area contributed by atoms with Gasteiger partial charge in [0, 0.05) is 45.9 Å². The van der Waals surface area contributed by atoms with Gasteiger partial charge >= 0.3 is 17.9 Å². The number of amides is 1. The predicted octanol–water partition coefficient (Wildman–Crippen LogP) is 3.75. The van der Waals surface area contributed by atoms with Crippen LogP contribution in [0.25, 0.3) is 11.1 Å². The Bertz CT molecular complexity index is 1750. The number of methoxy groups -OCH3 is 2. The maximum absolute atomic E-state index is 13.2. The number of thioether (sulfide) groups is 2. The molecule has 14 nitrogen and oxygen atoms in total. The van der Waals surface area contributed by atoms with Gasteiger partial charge in [-0.2, -0.15) is 0 Å². The molecule has 1 aliphatic carbocycles. The SMILES string of the molecule is COc1c(O[C@@H]2O[C@H](CSC(C)=O)[C@@H](OC(C)=O)[C@H](OC(C)=O)[C@H]2OC(C)=O)cc2c(c1OC)-c1ccc(SC)c(=O)cc1[C@@H](NC(C)=O)CC2. The van der Waals surface area contributed by atoms with Crippen molar-refractivity contribution in [3.8, 4) is 28.4 Å². The first kappa shape index (κ1) is 39.5. The van der Waals surface area contributed by atoms with Crippen molar-refractivity contribution in [3.05, 3.63) is 45.6 Å². The zero-order valence-corrected chi connectivity index (χ0v) is 31.2. The molecule has 0 aromatic heterocycles. The quantitative estimate of drug-likeness (QED) is 0.199. The van der Waals surface area contributed by atoms with E-state index in [-0.39, 0.29) is 39.5 Å². The topological polar surface area (TPSA) is 179 Å². The first-order chi connectivity index (χ1) is 24.2. The molecule has 16 heteroatoms. The molecule has 51 heavy (non-hydrogen) atoms. The minimum atomic E-state index is -1.48. The van der Waals surface area contributed by atoms with Gasteiger partial charge in [-0.1, -0.05) is 17.8 Å². The minimum Gasteiger partial charge on any atom is -0.492 e. The monoisotopic (exact) mass is 747 g/mol. The van der Waals surface area contributed by atoms with Crippen molar-refractivity contribution in [1.29, 1.82) is 0 Å². The number of hydrogen-bond acceptors (Lipinski definition) is 15. The Labute approximate surface area is 303 Å². The van der Waals surface area contributed by atoms with Gasteiger partial charge in [-0.3, -0.25) is 28.8 Å². The molecule has 2 aliphatic rings. The normalized spacial score (nSPS) is 22.2. The number of carbonyl (C=O) groups is 5. The van der Waals surface area contributed by atoms with Crippen LogP contribution in [0, 0.1) is 0 Å². The Kier molecular flexibility index (Phi) is 13.4. The zero-order valence-electron chi connectivity index (χ0n) is 29.5. The first-order valence-electron chi connectivity index (χ1n) is 15.9. The van der Waals surface area contributed by atoms with E-state index in [1.165, 1.54) is 45.9 Å². The molecule has 1 amide bonds. The first-order valence-corrected chi connectivity index (χ1v) is 18.1. The summed E-state index contributed by atoms with van der Waals surface area (Å²) >= 11 is 2.19. The number of ether oxygens (including phenoxy) is 7. The molecule has 0 unspecified atom stereocenters. The average Bonchev–Trinajstić information content (AvgIpc) is 3.29. The van der Waals surface area contributed by atoms with Crippen molar-refractivity contribution in [2.24, 2.45) is 0 Å². The van der Waals surface area contributed by atoms with Crippen molar-refractivity contribution >= 4 is 52.5 Å². The smallest absolute Gasteiger partial charge is 0.303 e. The third-order valence-electron chi connectivity index (χ3n) is 8.07.